The third-order valence-corrected chi connectivity index (χ3v) is 2.43. The first-order valence-corrected chi connectivity index (χ1v) is 5.79. The molecule has 88 valence electrons. The molecule has 0 saturated carbocycles. The van der Waals surface area contributed by atoms with E-state index in [4.69, 9.17) is 4.74 Å². The van der Waals surface area contributed by atoms with E-state index in [0.717, 1.165) is 26.0 Å². The van der Waals surface area contributed by atoms with E-state index in [1.165, 1.54) is 0 Å². The van der Waals surface area contributed by atoms with Crippen molar-refractivity contribution in [3.05, 3.63) is 0 Å². The number of hydrogen-bond donors (Lipinski definition) is 2. The maximum absolute atomic E-state index is 11.5. The molecule has 0 aromatic rings. The Bertz CT molecular complexity index is 189. The summed E-state index contributed by atoms with van der Waals surface area (Å²) < 4.78 is 5.30. The first-order valence-electron chi connectivity index (χ1n) is 5.79. The third kappa shape index (κ3) is 5.74. The van der Waals surface area contributed by atoms with Crippen molar-refractivity contribution < 1.29 is 9.53 Å². The summed E-state index contributed by atoms with van der Waals surface area (Å²) in [6.45, 7) is 6.40. The molecule has 4 nitrogen and oxygen atoms in total. The van der Waals surface area contributed by atoms with E-state index in [9.17, 15) is 4.79 Å². The summed E-state index contributed by atoms with van der Waals surface area (Å²) in [5, 5.41) is 6.21. The van der Waals surface area contributed by atoms with Crippen molar-refractivity contribution in [2.45, 2.75) is 45.2 Å². The van der Waals surface area contributed by atoms with Crippen molar-refractivity contribution in [1.82, 2.24) is 10.6 Å². The van der Waals surface area contributed by atoms with Crippen LogP contribution in [0.2, 0.25) is 0 Å². The molecule has 1 atom stereocenters. The van der Waals surface area contributed by atoms with Crippen molar-refractivity contribution in [3.8, 4) is 0 Å². The van der Waals surface area contributed by atoms with Crippen molar-refractivity contribution in [3.63, 3.8) is 0 Å². The zero-order valence-corrected chi connectivity index (χ0v) is 9.71. The summed E-state index contributed by atoms with van der Waals surface area (Å²) in [6.07, 6.45) is 2.65. The van der Waals surface area contributed by atoms with E-state index in [1.54, 1.807) is 0 Å². The average Bonchev–Trinajstić information content (AvgIpc) is 2.18. The molecular weight excluding hydrogens is 192 g/mol. The van der Waals surface area contributed by atoms with Crippen molar-refractivity contribution in [2.75, 3.05) is 19.8 Å². The molecule has 1 fully saturated rings. The minimum Gasteiger partial charge on any atom is -0.379 e. The Balaban J connectivity index is 2.06. The number of carbonyl (C=O) groups excluding carboxylic acids is 1. The van der Waals surface area contributed by atoms with Crippen LogP contribution in [0.5, 0.6) is 0 Å². The van der Waals surface area contributed by atoms with Crippen molar-refractivity contribution >= 4 is 5.91 Å². The highest BCUT2D eigenvalue weighted by atomic mass is 16.5. The minimum atomic E-state index is 0.124. The predicted octanol–water partition coefficient (Wildman–Crippen LogP) is 0.670. The molecule has 2 N–H and O–H groups in total. The van der Waals surface area contributed by atoms with E-state index in [1.807, 2.05) is 0 Å². The molecule has 0 aromatic carbocycles. The summed E-state index contributed by atoms with van der Waals surface area (Å²) in [5.41, 5.74) is 0. The summed E-state index contributed by atoms with van der Waals surface area (Å²) in [7, 11) is 0. The van der Waals surface area contributed by atoms with Gasteiger partial charge in [-0.1, -0.05) is 13.8 Å². The van der Waals surface area contributed by atoms with E-state index >= 15 is 0 Å². The van der Waals surface area contributed by atoms with Gasteiger partial charge in [-0.15, -0.1) is 0 Å². The van der Waals surface area contributed by atoms with Gasteiger partial charge in [-0.2, -0.15) is 0 Å². The van der Waals surface area contributed by atoms with Crippen molar-refractivity contribution in [2.24, 2.45) is 0 Å². The smallest absolute Gasteiger partial charge is 0.221 e. The molecular formula is C11H22N2O2. The molecule has 4 heteroatoms. The SMILES string of the molecule is CC(C)NCCC(=O)NC1CCCOC1. The zero-order valence-electron chi connectivity index (χ0n) is 9.71. The van der Waals surface area contributed by atoms with Crippen LogP contribution in [0.3, 0.4) is 0 Å². The second-order valence-corrected chi connectivity index (χ2v) is 4.34. The van der Waals surface area contributed by atoms with E-state index < -0.39 is 0 Å². The molecule has 15 heavy (non-hydrogen) atoms. The van der Waals surface area contributed by atoms with Gasteiger partial charge < -0.3 is 15.4 Å². The number of nitrogens with one attached hydrogen (secondary N) is 2. The van der Waals surface area contributed by atoms with Gasteiger partial charge >= 0.3 is 0 Å². The second kappa shape index (κ2) is 6.80. The number of amides is 1. The summed E-state index contributed by atoms with van der Waals surface area (Å²) in [6, 6.07) is 0.668. The van der Waals surface area contributed by atoms with Crippen LogP contribution in [0, 0.1) is 0 Å². The van der Waals surface area contributed by atoms with Gasteiger partial charge in [0.1, 0.15) is 0 Å². The van der Waals surface area contributed by atoms with Crippen LogP contribution in [0.15, 0.2) is 0 Å². The topological polar surface area (TPSA) is 50.4 Å². The van der Waals surface area contributed by atoms with Gasteiger partial charge in [-0.05, 0) is 12.8 Å². The molecule has 1 saturated heterocycles. The monoisotopic (exact) mass is 214 g/mol. The Labute approximate surface area is 91.8 Å². The summed E-state index contributed by atoms with van der Waals surface area (Å²) in [4.78, 5) is 11.5. The Morgan fingerprint density at radius 1 is 1.53 bits per heavy atom. The molecule has 0 bridgehead atoms. The molecule has 1 heterocycles. The number of carbonyl (C=O) groups is 1. The molecule has 0 aromatic heterocycles. The van der Waals surface area contributed by atoms with Crippen LogP contribution in [-0.2, 0) is 9.53 Å². The average molecular weight is 214 g/mol. The maximum Gasteiger partial charge on any atom is 0.221 e. The highest BCUT2D eigenvalue weighted by molar-refractivity contribution is 5.76. The second-order valence-electron chi connectivity index (χ2n) is 4.34. The molecule has 1 aliphatic heterocycles. The maximum atomic E-state index is 11.5. The number of ether oxygens (including phenoxy) is 1. The normalized spacial score (nSPS) is 21.7. The van der Waals surface area contributed by atoms with Gasteiger partial charge in [-0.25, -0.2) is 0 Å². The van der Waals surface area contributed by atoms with Crippen LogP contribution in [-0.4, -0.2) is 37.7 Å². The van der Waals surface area contributed by atoms with Gasteiger partial charge in [0.15, 0.2) is 0 Å². The lowest BCUT2D eigenvalue weighted by molar-refractivity contribution is -0.122. The summed E-state index contributed by atoms with van der Waals surface area (Å²) in [5.74, 6) is 0.124. The van der Waals surface area contributed by atoms with Crippen LogP contribution in [0.1, 0.15) is 33.1 Å². The molecule has 1 amide bonds. The third-order valence-electron chi connectivity index (χ3n) is 2.43. The molecule has 0 spiro atoms. The van der Waals surface area contributed by atoms with Crippen LogP contribution < -0.4 is 10.6 Å². The summed E-state index contributed by atoms with van der Waals surface area (Å²) >= 11 is 0. The highest BCUT2D eigenvalue weighted by Crippen LogP contribution is 2.05. The molecule has 1 unspecified atom stereocenters. The fraction of sp³-hybridized carbons (Fsp3) is 0.909. The first-order chi connectivity index (χ1) is 7.18. The van der Waals surface area contributed by atoms with Gasteiger partial charge in [0.05, 0.1) is 12.6 Å². The fourth-order valence-electron chi connectivity index (χ4n) is 1.63. The van der Waals surface area contributed by atoms with E-state index in [-0.39, 0.29) is 11.9 Å². The Morgan fingerprint density at radius 3 is 2.93 bits per heavy atom. The van der Waals surface area contributed by atoms with E-state index in [2.05, 4.69) is 24.5 Å². The standard InChI is InChI=1S/C11H22N2O2/c1-9(2)12-6-5-11(14)13-10-4-3-7-15-8-10/h9-10,12H,3-8H2,1-2H3,(H,13,14). The lowest BCUT2D eigenvalue weighted by atomic mass is 10.1. The lowest BCUT2D eigenvalue weighted by Crippen LogP contribution is -2.41. The predicted molar refractivity (Wildman–Crippen MR) is 59.7 cm³/mol. The van der Waals surface area contributed by atoms with Crippen LogP contribution in [0.25, 0.3) is 0 Å². The Kier molecular flexibility index (Phi) is 5.65. The number of rotatable bonds is 5. The molecule has 0 aliphatic carbocycles. The van der Waals surface area contributed by atoms with E-state index in [0.29, 0.717) is 19.1 Å². The minimum absolute atomic E-state index is 0.124. The van der Waals surface area contributed by atoms with Gasteiger partial charge in [0.25, 0.3) is 0 Å². The fourth-order valence-corrected chi connectivity index (χ4v) is 1.63. The van der Waals surface area contributed by atoms with Gasteiger partial charge in [0.2, 0.25) is 5.91 Å². The zero-order chi connectivity index (χ0) is 11.1. The van der Waals surface area contributed by atoms with Gasteiger partial charge in [-0.3, -0.25) is 4.79 Å². The lowest BCUT2D eigenvalue weighted by Gasteiger charge is -2.23. The van der Waals surface area contributed by atoms with Crippen LogP contribution in [0.4, 0.5) is 0 Å². The highest BCUT2D eigenvalue weighted by Gasteiger charge is 2.15. The Hall–Kier alpha value is -0.610. The molecule has 1 aliphatic rings. The molecule has 1 rings (SSSR count). The quantitative estimate of drug-likeness (QED) is 0.707. The van der Waals surface area contributed by atoms with Crippen LogP contribution >= 0.6 is 0 Å². The first kappa shape index (κ1) is 12.5. The largest absolute Gasteiger partial charge is 0.379 e. The Morgan fingerprint density at radius 2 is 2.33 bits per heavy atom. The number of hydrogen-bond acceptors (Lipinski definition) is 3. The van der Waals surface area contributed by atoms with Gasteiger partial charge in [0, 0.05) is 25.6 Å². The van der Waals surface area contributed by atoms with Crippen molar-refractivity contribution in [1.29, 1.82) is 0 Å². The molecule has 0 radical (unpaired) electrons.